The standard InChI is InChI=1S/C8H20NO3P/c1-4-5-6-7-8(9(2)3)13(10,11)12/h8H,4-7H2,1-3H3,(H2,10,11,12). The summed E-state index contributed by atoms with van der Waals surface area (Å²) in [5.74, 6) is -0.612. The average molecular weight is 209 g/mol. The summed E-state index contributed by atoms with van der Waals surface area (Å²) in [7, 11) is -0.538. The zero-order valence-corrected chi connectivity index (χ0v) is 9.50. The summed E-state index contributed by atoms with van der Waals surface area (Å²) >= 11 is 0. The second-order valence-corrected chi connectivity index (χ2v) is 5.30. The Labute approximate surface area is 80.1 Å². The maximum absolute atomic E-state index is 11.0. The Bertz CT molecular complexity index is 178. The van der Waals surface area contributed by atoms with Gasteiger partial charge in [-0.2, -0.15) is 0 Å². The highest BCUT2D eigenvalue weighted by atomic mass is 31.2. The molecule has 0 aromatic carbocycles. The lowest BCUT2D eigenvalue weighted by atomic mass is 10.2. The van der Waals surface area contributed by atoms with Crippen LogP contribution in [-0.4, -0.2) is 34.6 Å². The summed E-state index contributed by atoms with van der Waals surface area (Å²) in [6.07, 6.45) is 3.56. The fraction of sp³-hybridized carbons (Fsp3) is 1.00. The van der Waals surface area contributed by atoms with Crippen molar-refractivity contribution in [1.29, 1.82) is 0 Å². The number of hydrogen-bond acceptors (Lipinski definition) is 2. The van der Waals surface area contributed by atoms with E-state index < -0.39 is 13.4 Å². The highest BCUT2D eigenvalue weighted by Crippen LogP contribution is 2.44. The van der Waals surface area contributed by atoms with E-state index in [0.717, 1.165) is 19.3 Å². The molecule has 0 aromatic rings. The molecule has 0 aromatic heterocycles. The summed E-state index contributed by atoms with van der Waals surface area (Å²) in [6.45, 7) is 2.07. The van der Waals surface area contributed by atoms with Crippen LogP contribution in [0, 0.1) is 0 Å². The maximum Gasteiger partial charge on any atom is 0.342 e. The van der Waals surface area contributed by atoms with Crippen LogP contribution in [0.3, 0.4) is 0 Å². The Morgan fingerprint density at radius 2 is 1.85 bits per heavy atom. The van der Waals surface area contributed by atoms with Gasteiger partial charge >= 0.3 is 7.60 Å². The van der Waals surface area contributed by atoms with Crippen LogP contribution in [0.25, 0.3) is 0 Å². The molecule has 0 amide bonds. The molecule has 0 fully saturated rings. The van der Waals surface area contributed by atoms with Crippen molar-refractivity contribution in [2.24, 2.45) is 0 Å². The Morgan fingerprint density at radius 3 is 2.15 bits per heavy atom. The topological polar surface area (TPSA) is 60.8 Å². The van der Waals surface area contributed by atoms with E-state index in [2.05, 4.69) is 6.92 Å². The van der Waals surface area contributed by atoms with Gasteiger partial charge in [0.2, 0.25) is 0 Å². The van der Waals surface area contributed by atoms with Gasteiger partial charge in [-0.25, -0.2) is 0 Å². The van der Waals surface area contributed by atoms with Gasteiger partial charge in [0, 0.05) is 0 Å². The fourth-order valence-corrected chi connectivity index (χ4v) is 2.42. The minimum absolute atomic E-state index is 0.575. The third-order valence-corrected chi connectivity index (χ3v) is 3.55. The number of nitrogens with zero attached hydrogens (tertiary/aromatic N) is 1. The third-order valence-electron chi connectivity index (χ3n) is 2.05. The fourth-order valence-electron chi connectivity index (χ4n) is 1.30. The van der Waals surface area contributed by atoms with Gasteiger partial charge in [-0.3, -0.25) is 9.46 Å². The van der Waals surface area contributed by atoms with Gasteiger partial charge in [-0.15, -0.1) is 0 Å². The van der Waals surface area contributed by atoms with Crippen molar-refractivity contribution in [3.63, 3.8) is 0 Å². The number of unbranched alkanes of at least 4 members (excludes halogenated alkanes) is 2. The molecule has 0 bridgehead atoms. The van der Waals surface area contributed by atoms with Crippen molar-refractivity contribution in [2.45, 2.75) is 38.4 Å². The molecule has 4 nitrogen and oxygen atoms in total. The van der Waals surface area contributed by atoms with E-state index in [1.165, 1.54) is 0 Å². The smallest absolute Gasteiger partial charge is 0.323 e. The zero-order valence-electron chi connectivity index (χ0n) is 8.60. The Morgan fingerprint density at radius 1 is 1.31 bits per heavy atom. The molecule has 0 aliphatic rings. The molecule has 0 spiro atoms. The van der Waals surface area contributed by atoms with E-state index >= 15 is 0 Å². The van der Waals surface area contributed by atoms with Gasteiger partial charge in [0.25, 0.3) is 0 Å². The molecule has 0 radical (unpaired) electrons. The molecule has 0 saturated heterocycles. The van der Waals surface area contributed by atoms with E-state index in [1.54, 1.807) is 19.0 Å². The quantitative estimate of drug-likeness (QED) is 0.515. The molecule has 2 N–H and O–H groups in total. The molecule has 13 heavy (non-hydrogen) atoms. The maximum atomic E-state index is 11.0. The normalized spacial score (nSPS) is 14.9. The van der Waals surface area contributed by atoms with E-state index in [1.807, 2.05) is 0 Å². The lowest BCUT2D eigenvalue weighted by molar-refractivity contribution is 0.270. The van der Waals surface area contributed by atoms with Crippen molar-refractivity contribution in [3.05, 3.63) is 0 Å². The van der Waals surface area contributed by atoms with E-state index in [0.29, 0.717) is 6.42 Å². The SMILES string of the molecule is CCCCCC(N(C)C)P(=O)(O)O. The van der Waals surface area contributed by atoms with Crippen molar-refractivity contribution in [3.8, 4) is 0 Å². The van der Waals surface area contributed by atoms with Crippen LogP contribution in [0.15, 0.2) is 0 Å². The van der Waals surface area contributed by atoms with E-state index in [-0.39, 0.29) is 0 Å². The van der Waals surface area contributed by atoms with Crippen LogP contribution in [0.1, 0.15) is 32.6 Å². The highest BCUT2D eigenvalue weighted by molar-refractivity contribution is 7.52. The molecular weight excluding hydrogens is 189 g/mol. The van der Waals surface area contributed by atoms with Crippen LogP contribution in [-0.2, 0) is 4.57 Å². The lowest BCUT2D eigenvalue weighted by Gasteiger charge is -2.24. The third kappa shape index (κ3) is 5.42. The van der Waals surface area contributed by atoms with Crippen molar-refractivity contribution < 1.29 is 14.4 Å². The molecule has 1 atom stereocenters. The largest absolute Gasteiger partial charge is 0.342 e. The Balaban J connectivity index is 4.05. The first-order valence-electron chi connectivity index (χ1n) is 4.61. The molecule has 0 saturated carbocycles. The second kappa shape index (κ2) is 5.76. The molecule has 0 aliphatic carbocycles. The molecule has 0 rings (SSSR count). The van der Waals surface area contributed by atoms with Crippen molar-refractivity contribution in [2.75, 3.05) is 14.1 Å². The predicted molar refractivity (Wildman–Crippen MR) is 53.7 cm³/mol. The van der Waals surface area contributed by atoms with Crippen LogP contribution < -0.4 is 0 Å². The summed E-state index contributed by atoms with van der Waals surface area (Å²) in [5, 5.41) is 0. The highest BCUT2D eigenvalue weighted by Gasteiger charge is 2.29. The van der Waals surface area contributed by atoms with Crippen LogP contribution in [0.2, 0.25) is 0 Å². The van der Waals surface area contributed by atoms with Crippen molar-refractivity contribution in [1.82, 2.24) is 4.90 Å². The molecule has 5 heteroatoms. The van der Waals surface area contributed by atoms with Crippen LogP contribution >= 0.6 is 7.60 Å². The summed E-state index contributed by atoms with van der Waals surface area (Å²) < 4.78 is 11.0. The van der Waals surface area contributed by atoms with Gasteiger partial charge < -0.3 is 9.79 Å². The predicted octanol–water partition coefficient (Wildman–Crippen LogP) is 1.63. The Hall–Kier alpha value is 0.110. The van der Waals surface area contributed by atoms with Crippen molar-refractivity contribution >= 4 is 7.60 Å². The molecular formula is C8H20NO3P. The van der Waals surface area contributed by atoms with E-state index in [9.17, 15) is 4.57 Å². The van der Waals surface area contributed by atoms with Gasteiger partial charge in [-0.1, -0.05) is 26.2 Å². The van der Waals surface area contributed by atoms with Crippen LogP contribution in [0.5, 0.6) is 0 Å². The first-order chi connectivity index (χ1) is 5.89. The Kier molecular flexibility index (Phi) is 5.81. The van der Waals surface area contributed by atoms with E-state index in [4.69, 9.17) is 9.79 Å². The molecule has 0 aliphatic heterocycles. The lowest BCUT2D eigenvalue weighted by Crippen LogP contribution is -2.27. The van der Waals surface area contributed by atoms with Gasteiger partial charge in [0.05, 0.1) is 0 Å². The average Bonchev–Trinajstić information content (AvgIpc) is 1.94. The first-order valence-corrected chi connectivity index (χ1v) is 6.29. The van der Waals surface area contributed by atoms with Crippen LogP contribution in [0.4, 0.5) is 0 Å². The van der Waals surface area contributed by atoms with Gasteiger partial charge in [-0.05, 0) is 20.5 Å². The second-order valence-electron chi connectivity index (χ2n) is 3.53. The summed E-state index contributed by atoms with van der Waals surface area (Å²) in [6, 6.07) is 0. The zero-order chi connectivity index (χ0) is 10.5. The molecule has 0 heterocycles. The summed E-state index contributed by atoms with van der Waals surface area (Å²) in [4.78, 5) is 19.6. The number of hydrogen-bond donors (Lipinski definition) is 2. The minimum Gasteiger partial charge on any atom is -0.323 e. The molecule has 1 unspecified atom stereocenters. The molecule has 80 valence electrons. The minimum atomic E-state index is -3.95. The first kappa shape index (κ1) is 13.1. The number of rotatable bonds is 6. The van der Waals surface area contributed by atoms with Gasteiger partial charge in [0.1, 0.15) is 5.78 Å². The summed E-state index contributed by atoms with van der Waals surface area (Å²) in [5.41, 5.74) is 0. The monoisotopic (exact) mass is 209 g/mol. The van der Waals surface area contributed by atoms with Gasteiger partial charge in [0.15, 0.2) is 0 Å².